The molecule has 1 fully saturated rings. The van der Waals surface area contributed by atoms with Crippen LogP contribution in [0.2, 0.25) is 5.02 Å². The average Bonchev–Trinajstić information content (AvgIpc) is 2.89. The second kappa shape index (κ2) is 10.2. The highest BCUT2D eigenvalue weighted by Gasteiger charge is 2.29. The minimum atomic E-state index is -3.98. The van der Waals surface area contributed by atoms with Gasteiger partial charge in [-0.15, -0.1) is 0 Å². The number of hydrogen-bond donors (Lipinski definition) is 0. The van der Waals surface area contributed by atoms with Gasteiger partial charge in [-0.1, -0.05) is 24.1 Å². The summed E-state index contributed by atoms with van der Waals surface area (Å²) in [6.07, 6.45) is 5.53. The molecule has 2 aromatic heterocycles. The standard InChI is InChI=1S/C26H23ClFN3O5S/c1-16-18-14-20(27)23(36-26-29-8-5-9-30-26)15-22(18)35-25(32)19(16)12-17-6-7-21(28)24(13-17)37(33,34)31-10-3-2-4-11-31/h5-9,13-15H,2-4,10-12H2,1H3. The smallest absolute Gasteiger partial charge is 0.340 e. The van der Waals surface area contributed by atoms with E-state index >= 15 is 0 Å². The lowest BCUT2D eigenvalue weighted by atomic mass is 9.99. The van der Waals surface area contributed by atoms with Crippen molar-refractivity contribution >= 4 is 32.6 Å². The molecular weight excluding hydrogens is 521 g/mol. The van der Waals surface area contributed by atoms with E-state index in [0.29, 0.717) is 35.2 Å². The summed E-state index contributed by atoms with van der Waals surface area (Å²) in [5.41, 5.74) is 1.06. The fraction of sp³-hybridized carbons (Fsp3) is 0.269. The number of aromatic nitrogens is 2. The molecule has 0 bridgehead atoms. The Morgan fingerprint density at radius 2 is 1.84 bits per heavy atom. The van der Waals surface area contributed by atoms with Gasteiger partial charge in [-0.3, -0.25) is 0 Å². The van der Waals surface area contributed by atoms with Crippen LogP contribution in [-0.4, -0.2) is 35.8 Å². The van der Waals surface area contributed by atoms with Crippen molar-refractivity contribution < 1.29 is 22.0 Å². The predicted molar refractivity (Wildman–Crippen MR) is 136 cm³/mol. The average molecular weight is 544 g/mol. The van der Waals surface area contributed by atoms with E-state index in [1.807, 2.05) is 0 Å². The van der Waals surface area contributed by atoms with Crippen LogP contribution in [0.3, 0.4) is 0 Å². The Bertz CT molecular complexity index is 1640. The van der Waals surface area contributed by atoms with Crippen LogP contribution >= 0.6 is 11.6 Å². The summed E-state index contributed by atoms with van der Waals surface area (Å²) in [6, 6.07) is 8.73. The first-order valence-electron chi connectivity index (χ1n) is 11.7. The van der Waals surface area contributed by atoms with Gasteiger partial charge in [0.05, 0.1) is 5.02 Å². The molecule has 0 aliphatic carbocycles. The van der Waals surface area contributed by atoms with Crippen molar-refractivity contribution in [3.05, 3.63) is 86.7 Å². The van der Waals surface area contributed by atoms with Gasteiger partial charge in [0.2, 0.25) is 10.0 Å². The Morgan fingerprint density at radius 3 is 2.57 bits per heavy atom. The number of halogens is 2. The van der Waals surface area contributed by atoms with Gasteiger partial charge in [-0.05, 0) is 55.2 Å². The highest BCUT2D eigenvalue weighted by atomic mass is 35.5. The Balaban J connectivity index is 1.49. The van der Waals surface area contributed by atoms with E-state index in [9.17, 15) is 17.6 Å². The Labute approximate surface area is 217 Å². The van der Waals surface area contributed by atoms with Gasteiger partial charge in [-0.25, -0.2) is 27.6 Å². The molecule has 192 valence electrons. The molecule has 0 spiro atoms. The Morgan fingerprint density at radius 1 is 1.11 bits per heavy atom. The SMILES string of the molecule is Cc1c(Cc2ccc(F)c(S(=O)(=O)N3CCCCC3)c2)c(=O)oc2cc(Oc3ncccn3)c(Cl)cc12. The second-order valence-electron chi connectivity index (χ2n) is 8.81. The molecule has 0 amide bonds. The third-order valence-corrected chi connectivity index (χ3v) is 8.60. The Hall–Kier alpha value is -3.34. The molecule has 3 heterocycles. The van der Waals surface area contributed by atoms with Crippen molar-refractivity contribution in [1.29, 1.82) is 0 Å². The summed E-state index contributed by atoms with van der Waals surface area (Å²) in [7, 11) is -3.98. The lowest BCUT2D eigenvalue weighted by Crippen LogP contribution is -2.36. The van der Waals surface area contributed by atoms with E-state index in [1.54, 1.807) is 19.1 Å². The van der Waals surface area contributed by atoms with Gasteiger partial charge in [0, 0.05) is 48.9 Å². The first kappa shape index (κ1) is 25.3. The molecule has 0 radical (unpaired) electrons. The van der Waals surface area contributed by atoms with E-state index in [-0.39, 0.29) is 33.7 Å². The van der Waals surface area contributed by atoms with Crippen molar-refractivity contribution in [1.82, 2.24) is 14.3 Å². The zero-order chi connectivity index (χ0) is 26.2. The molecular formula is C26H23ClFN3O5S. The molecule has 2 aromatic carbocycles. The van der Waals surface area contributed by atoms with E-state index < -0.39 is 21.5 Å². The first-order chi connectivity index (χ1) is 17.7. The predicted octanol–water partition coefficient (Wildman–Crippen LogP) is 5.24. The molecule has 0 N–H and O–H groups in total. The van der Waals surface area contributed by atoms with E-state index in [2.05, 4.69) is 9.97 Å². The lowest BCUT2D eigenvalue weighted by Gasteiger charge is -2.26. The molecule has 37 heavy (non-hydrogen) atoms. The molecule has 8 nitrogen and oxygen atoms in total. The maximum atomic E-state index is 14.6. The topological polar surface area (TPSA) is 103 Å². The number of fused-ring (bicyclic) bond motifs is 1. The zero-order valence-electron chi connectivity index (χ0n) is 19.9. The van der Waals surface area contributed by atoms with Crippen LogP contribution in [0, 0.1) is 12.7 Å². The molecule has 5 rings (SSSR count). The largest absolute Gasteiger partial charge is 0.423 e. The molecule has 1 aliphatic rings. The normalized spacial score (nSPS) is 14.7. The number of rotatable bonds is 6. The molecule has 1 aliphatic heterocycles. The van der Waals surface area contributed by atoms with Gasteiger partial charge in [0.25, 0.3) is 0 Å². The highest BCUT2D eigenvalue weighted by Crippen LogP contribution is 2.34. The monoisotopic (exact) mass is 543 g/mol. The van der Waals surface area contributed by atoms with Crippen molar-refractivity contribution in [3.63, 3.8) is 0 Å². The van der Waals surface area contributed by atoms with Crippen LogP contribution in [0.25, 0.3) is 11.0 Å². The number of ether oxygens (including phenoxy) is 1. The van der Waals surface area contributed by atoms with E-state index in [0.717, 1.165) is 25.3 Å². The van der Waals surface area contributed by atoms with Crippen LogP contribution in [0.15, 0.2) is 62.9 Å². The number of piperidine rings is 1. The van der Waals surface area contributed by atoms with Gasteiger partial charge in [0.15, 0.2) is 5.75 Å². The summed E-state index contributed by atoms with van der Waals surface area (Å²) in [6.45, 7) is 2.48. The molecule has 0 atom stereocenters. The molecule has 11 heteroatoms. The highest BCUT2D eigenvalue weighted by molar-refractivity contribution is 7.89. The van der Waals surface area contributed by atoms with Gasteiger partial charge in [0.1, 0.15) is 16.3 Å². The molecule has 4 aromatic rings. The van der Waals surface area contributed by atoms with Gasteiger partial charge >= 0.3 is 11.6 Å². The number of nitrogens with zero attached hydrogens (tertiary/aromatic N) is 3. The fourth-order valence-corrected chi connectivity index (χ4v) is 6.25. The van der Waals surface area contributed by atoms with Crippen LogP contribution in [0.5, 0.6) is 11.8 Å². The molecule has 1 saturated heterocycles. The number of sulfonamides is 1. The maximum absolute atomic E-state index is 14.6. The maximum Gasteiger partial charge on any atom is 0.340 e. The minimum Gasteiger partial charge on any atom is -0.423 e. The molecule has 0 unspecified atom stereocenters. The van der Waals surface area contributed by atoms with Gasteiger partial charge in [-0.2, -0.15) is 4.31 Å². The summed E-state index contributed by atoms with van der Waals surface area (Å²) < 4.78 is 53.3. The summed E-state index contributed by atoms with van der Waals surface area (Å²) in [5, 5.41) is 0.851. The lowest BCUT2D eigenvalue weighted by molar-refractivity contribution is 0.345. The van der Waals surface area contributed by atoms with Crippen LogP contribution in [0.4, 0.5) is 4.39 Å². The van der Waals surface area contributed by atoms with Crippen molar-refractivity contribution in [3.8, 4) is 11.8 Å². The van der Waals surface area contributed by atoms with Crippen LogP contribution in [-0.2, 0) is 16.4 Å². The quantitative estimate of drug-likeness (QED) is 0.306. The zero-order valence-corrected chi connectivity index (χ0v) is 21.5. The summed E-state index contributed by atoms with van der Waals surface area (Å²) in [5.74, 6) is -0.597. The van der Waals surface area contributed by atoms with Crippen molar-refractivity contribution in [2.24, 2.45) is 0 Å². The van der Waals surface area contributed by atoms with Crippen LogP contribution in [0.1, 0.15) is 36.0 Å². The third kappa shape index (κ3) is 5.09. The van der Waals surface area contributed by atoms with Crippen molar-refractivity contribution in [2.75, 3.05) is 13.1 Å². The van der Waals surface area contributed by atoms with E-state index in [4.69, 9.17) is 20.8 Å². The second-order valence-corrected chi connectivity index (χ2v) is 11.1. The summed E-state index contributed by atoms with van der Waals surface area (Å²) >= 11 is 6.43. The van der Waals surface area contributed by atoms with E-state index in [1.165, 1.54) is 34.9 Å². The Kier molecular flexibility index (Phi) is 6.98. The minimum absolute atomic E-state index is 0.0562. The van der Waals surface area contributed by atoms with Crippen LogP contribution < -0.4 is 10.4 Å². The van der Waals surface area contributed by atoms with Crippen molar-refractivity contribution in [2.45, 2.75) is 37.5 Å². The summed E-state index contributed by atoms with van der Waals surface area (Å²) in [4.78, 5) is 20.5. The van der Waals surface area contributed by atoms with Gasteiger partial charge < -0.3 is 9.15 Å². The fourth-order valence-electron chi connectivity index (χ4n) is 4.41. The molecule has 0 saturated carbocycles. The third-order valence-electron chi connectivity index (χ3n) is 6.39. The number of aryl methyl sites for hydroxylation is 1. The number of hydrogen-bond acceptors (Lipinski definition) is 7. The number of benzene rings is 2. The first-order valence-corrected chi connectivity index (χ1v) is 13.5.